The van der Waals surface area contributed by atoms with Crippen LogP contribution in [0.25, 0.3) is 0 Å². The lowest BCUT2D eigenvalue weighted by molar-refractivity contribution is -0.144. The third-order valence-corrected chi connectivity index (χ3v) is 5.13. The molecule has 2 aromatic rings. The molecule has 118 valence electrons. The Morgan fingerprint density at radius 1 is 1.09 bits per heavy atom. The number of aromatic hydroxyl groups is 1. The molecule has 2 aromatic carbocycles. The number of fused-ring (bicyclic) bond motifs is 1. The van der Waals surface area contributed by atoms with E-state index in [0.717, 1.165) is 18.5 Å². The first-order valence-corrected chi connectivity index (χ1v) is 8.04. The molecule has 2 aliphatic heterocycles. The second-order valence-corrected chi connectivity index (χ2v) is 6.54. The van der Waals surface area contributed by atoms with Gasteiger partial charge in [0.05, 0.1) is 11.6 Å². The Balaban J connectivity index is 1.82. The molecule has 2 aliphatic rings. The number of amides is 1. The topological polar surface area (TPSA) is 43.8 Å². The van der Waals surface area contributed by atoms with E-state index in [1.54, 1.807) is 6.07 Å². The van der Waals surface area contributed by atoms with Crippen LogP contribution in [0.4, 0.5) is 0 Å². The van der Waals surface area contributed by atoms with Crippen LogP contribution < -0.4 is 0 Å². The summed E-state index contributed by atoms with van der Waals surface area (Å²) in [6.45, 7) is 2.79. The van der Waals surface area contributed by atoms with Crippen molar-refractivity contribution in [2.45, 2.75) is 31.3 Å². The molecule has 2 atom stereocenters. The number of hydrogen-bond donors (Lipinski definition) is 1. The summed E-state index contributed by atoms with van der Waals surface area (Å²) in [4.78, 5) is 12.5. The molecule has 23 heavy (non-hydrogen) atoms. The fourth-order valence-electron chi connectivity index (χ4n) is 4.10. The second-order valence-electron chi connectivity index (χ2n) is 6.54. The van der Waals surface area contributed by atoms with Crippen LogP contribution in [-0.2, 0) is 10.3 Å². The van der Waals surface area contributed by atoms with Gasteiger partial charge in [-0.15, -0.1) is 0 Å². The minimum Gasteiger partial charge on any atom is -0.508 e. The minimum atomic E-state index is -0.514. The van der Waals surface area contributed by atoms with E-state index in [-0.39, 0.29) is 17.7 Å². The largest absolute Gasteiger partial charge is 0.508 e. The van der Waals surface area contributed by atoms with Gasteiger partial charge >= 0.3 is 0 Å². The highest BCUT2D eigenvalue weighted by Gasteiger charge is 2.54. The molecule has 4 nitrogen and oxygen atoms in total. The first-order chi connectivity index (χ1) is 11.1. The molecule has 0 radical (unpaired) electrons. The molecule has 1 N–H and O–H groups in total. The minimum absolute atomic E-state index is 0.134. The summed E-state index contributed by atoms with van der Waals surface area (Å²) in [5.74, 6) is 0.387. The van der Waals surface area contributed by atoms with Crippen molar-refractivity contribution in [2.75, 3.05) is 6.54 Å². The van der Waals surface area contributed by atoms with E-state index < -0.39 is 5.54 Å². The van der Waals surface area contributed by atoms with Crippen molar-refractivity contribution < 1.29 is 9.90 Å². The predicted molar refractivity (Wildman–Crippen MR) is 87.4 cm³/mol. The highest BCUT2D eigenvalue weighted by atomic mass is 16.3. The fraction of sp³-hybridized carbons (Fsp3) is 0.316. The molecular formula is C19H20N2O2. The van der Waals surface area contributed by atoms with Gasteiger partial charge in [0, 0.05) is 18.5 Å². The third kappa shape index (κ3) is 2.05. The quantitative estimate of drug-likeness (QED) is 0.926. The van der Waals surface area contributed by atoms with Crippen molar-refractivity contribution in [3.63, 3.8) is 0 Å². The van der Waals surface area contributed by atoms with Crippen LogP contribution in [0, 0.1) is 0 Å². The van der Waals surface area contributed by atoms with Crippen molar-refractivity contribution in [2.24, 2.45) is 0 Å². The maximum atomic E-state index is 12.5. The Morgan fingerprint density at radius 2 is 1.78 bits per heavy atom. The molecule has 0 aliphatic carbocycles. The summed E-state index contributed by atoms with van der Waals surface area (Å²) in [5.41, 5.74) is 1.52. The summed E-state index contributed by atoms with van der Waals surface area (Å²) in [7, 11) is 0. The highest BCUT2D eigenvalue weighted by Crippen LogP contribution is 2.52. The number of benzene rings is 2. The van der Waals surface area contributed by atoms with E-state index in [1.165, 1.54) is 5.56 Å². The van der Waals surface area contributed by atoms with Crippen LogP contribution in [0.15, 0.2) is 54.6 Å². The zero-order valence-electron chi connectivity index (χ0n) is 13.1. The molecule has 0 bridgehead atoms. The predicted octanol–water partition coefficient (Wildman–Crippen LogP) is 3.20. The molecule has 0 saturated carbocycles. The normalized spacial score (nSPS) is 27.4. The number of carbonyl (C=O) groups excluding carboxylic acids is 1. The van der Waals surface area contributed by atoms with Gasteiger partial charge in [-0.25, -0.2) is 5.01 Å². The van der Waals surface area contributed by atoms with E-state index in [9.17, 15) is 9.90 Å². The first-order valence-electron chi connectivity index (χ1n) is 8.04. The number of rotatable bonds is 2. The van der Waals surface area contributed by atoms with Gasteiger partial charge in [-0.3, -0.25) is 9.80 Å². The summed E-state index contributed by atoms with van der Waals surface area (Å²) in [6, 6.07) is 17.8. The molecule has 4 rings (SSSR count). The zero-order valence-corrected chi connectivity index (χ0v) is 13.1. The van der Waals surface area contributed by atoms with Gasteiger partial charge in [-0.05, 0) is 25.0 Å². The lowest BCUT2D eigenvalue weighted by atomic mass is 9.84. The molecule has 2 saturated heterocycles. The Morgan fingerprint density at radius 3 is 2.52 bits per heavy atom. The molecule has 2 fully saturated rings. The number of carbonyl (C=O) groups is 1. The molecule has 0 aromatic heterocycles. The van der Waals surface area contributed by atoms with Crippen molar-refractivity contribution in [1.82, 2.24) is 10.0 Å². The fourth-order valence-corrected chi connectivity index (χ4v) is 4.10. The van der Waals surface area contributed by atoms with Gasteiger partial charge in [-0.1, -0.05) is 48.5 Å². The van der Waals surface area contributed by atoms with Crippen molar-refractivity contribution in [3.8, 4) is 5.75 Å². The Kier molecular flexibility index (Phi) is 3.16. The third-order valence-electron chi connectivity index (χ3n) is 5.13. The lowest BCUT2D eigenvalue weighted by Gasteiger charge is -2.35. The van der Waals surface area contributed by atoms with Crippen LogP contribution in [0.3, 0.4) is 0 Å². The van der Waals surface area contributed by atoms with Crippen LogP contribution >= 0.6 is 0 Å². The summed E-state index contributed by atoms with van der Waals surface area (Å²) in [5, 5.41) is 14.4. The number of hydrazine groups is 1. The summed E-state index contributed by atoms with van der Waals surface area (Å²) in [6.07, 6.45) is 1.31. The zero-order chi connectivity index (χ0) is 16.0. The Bertz CT molecular complexity index is 746. The van der Waals surface area contributed by atoms with E-state index in [2.05, 4.69) is 24.1 Å². The Labute approximate surface area is 135 Å². The maximum absolute atomic E-state index is 12.5. The van der Waals surface area contributed by atoms with Crippen LogP contribution in [0.5, 0.6) is 5.75 Å². The second kappa shape index (κ2) is 5.10. The van der Waals surface area contributed by atoms with Gasteiger partial charge < -0.3 is 5.11 Å². The first kappa shape index (κ1) is 14.3. The molecule has 0 spiro atoms. The molecular weight excluding hydrogens is 288 g/mol. The van der Waals surface area contributed by atoms with Crippen LogP contribution in [0.1, 0.15) is 36.9 Å². The number of para-hydroxylation sites is 1. The average molecular weight is 308 g/mol. The van der Waals surface area contributed by atoms with Gasteiger partial charge in [0.2, 0.25) is 5.91 Å². The summed E-state index contributed by atoms with van der Waals surface area (Å²) < 4.78 is 0. The maximum Gasteiger partial charge on any atom is 0.239 e. The van der Waals surface area contributed by atoms with E-state index in [1.807, 2.05) is 41.4 Å². The van der Waals surface area contributed by atoms with Gasteiger partial charge in [0.25, 0.3) is 0 Å². The number of phenols is 1. The van der Waals surface area contributed by atoms with E-state index in [4.69, 9.17) is 0 Å². The van der Waals surface area contributed by atoms with E-state index in [0.29, 0.717) is 6.42 Å². The number of phenolic OH excluding ortho intramolecular Hbond substituents is 1. The monoisotopic (exact) mass is 308 g/mol. The van der Waals surface area contributed by atoms with Gasteiger partial charge in [0.1, 0.15) is 5.75 Å². The Hall–Kier alpha value is -2.33. The number of hydrogen-bond acceptors (Lipinski definition) is 3. The van der Waals surface area contributed by atoms with Crippen molar-refractivity contribution in [1.29, 1.82) is 0 Å². The van der Waals surface area contributed by atoms with Crippen LogP contribution in [-0.4, -0.2) is 27.6 Å². The molecule has 2 heterocycles. The lowest BCUT2D eigenvalue weighted by Crippen LogP contribution is -2.44. The summed E-state index contributed by atoms with van der Waals surface area (Å²) >= 11 is 0. The highest BCUT2D eigenvalue weighted by molar-refractivity contribution is 5.79. The van der Waals surface area contributed by atoms with Gasteiger partial charge in [-0.2, -0.15) is 0 Å². The standard InChI is InChI=1S/C19H20N2O2/c1-19(15-9-5-6-10-17(15)22)13-16(14-7-3-2-4-8-14)20-12-11-18(23)21(19)20/h2-10,16,22H,11-13H2,1H3/t16-,19+/m1/s1. The molecule has 1 amide bonds. The van der Waals surface area contributed by atoms with Gasteiger partial charge in [0.15, 0.2) is 0 Å². The average Bonchev–Trinajstić information content (AvgIpc) is 3.09. The molecule has 0 unspecified atom stereocenters. The molecule has 4 heteroatoms. The van der Waals surface area contributed by atoms with Crippen molar-refractivity contribution >= 4 is 5.91 Å². The smallest absolute Gasteiger partial charge is 0.239 e. The van der Waals surface area contributed by atoms with Crippen LogP contribution in [0.2, 0.25) is 0 Å². The SMILES string of the molecule is C[C@@]1(c2ccccc2O)C[C@H](c2ccccc2)N2CCC(=O)N21. The van der Waals surface area contributed by atoms with E-state index >= 15 is 0 Å². The number of nitrogens with zero attached hydrogens (tertiary/aromatic N) is 2. The van der Waals surface area contributed by atoms with Crippen molar-refractivity contribution in [3.05, 3.63) is 65.7 Å².